The third-order valence-corrected chi connectivity index (χ3v) is 1.90. The topological polar surface area (TPSA) is 68.9 Å². The number of thiocarbonyl (C=S) groups is 1. The molecule has 0 amide bonds. The Balaban J connectivity index is 2.96. The summed E-state index contributed by atoms with van der Waals surface area (Å²) in [7, 11) is 1.37. The molecule has 5 nitrogen and oxygen atoms in total. The number of hydrogen-bond donors (Lipinski definition) is 2. The molecule has 0 radical (unpaired) electrons. The van der Waals surface area contributed by atoms with Crippen LogP contribution in [-0.4, -0.2) is 24.8 Å². The molecule has 0 fully saturated rings. The molecular formula is C10H10F3N3O2S. The number of hydrazone groups is 1. The van der Waals surface area contributed by atoms with Gasteiger partial charge in [-0.3, -0.25) is 5.43 Å². The van der Waals surface area contributed by atoms with Crippen molar-refractivity contribution in [3.63, 3.8) is 0 Å². The highest BCUT2D eigenvalue weighted by atomic mass is 32.1. The second-order valence-electron chi connectivity index (χ2n) is 3.19. The molecular weight excluding hydrogens is 283 g/mol. The van der Waals surface area contributed by atoms with Crippen molar-refractivity contribution in [2.45, 2.75) is 6.36 Å². The minimum atomic E-state index is -4.76. The minimum Gasteiger partial charge on any atom is -0.496 e. The van der Waals surface area contributed by atoms with E-state index in [1.165, 1.54) is 19.4 Å². The number of alkyl halides is 3. The quantitative estimate of drug-likeness (QED) is 0.503. The zero-order valence-corrected chi connectivity index (χ0v) is 10.5. The minimum absolute atomic E-state index is 0.0714. The number of nitrogens with zero attached hydrogens (tertiary/aromatic N) is 1. The van der Waals surface area contributed by atoms with E-state index >= 15 is 0 Å². The number of nitrogens with two attached hydrogens (primary N) is 1. The lowest BCUT2D eigenvalue weighted by Crippen LogP contribution is -2.24. The van der Waals surface area contributed by atoms with Gasteiger partial charge in [-0.25, -0.2) is 0 Å². The van der Waals surface area contributed by atoms with Crippen molar-refractivity contribution < 1.29 is 22.6 Å². The molecule has 0 saturated heterocycles. The van der Waals surface area contributed by atoms with E-state index in [-0.39, 0.29) is 16.4 Å². The van der Waals surface area contributed by atoms with Gasteiger partial charge in [-0.1, -0.05) is 0 Å². The SMILES string of the molecule is COc1ccc(OC(F)(F)F)cc1C=NNC(N)=S. The summed E-state index contributed by atoms with van der Waals surface area (Å²) in [4.78, 5) is 0. The van der Waals surface area contributed by atoms with E-state index in [0.29, 0.717) is 5.75 Å². The van der Waals surface area contributed by atoms with Gasteiger partial charge in [-0.05, 0) is 30.4 Å². The van der Waals surface area contributed by atoms with E-state index in [9.17, 15) is 13.2 Å². The highest BCUT2D eigenvalue weighted by molar-refractivity contribution is 7.80. The maximum Gasteiger partial charge on any atom is 0.573 e. The van der Waals surface area contributed by atoms with E-state index < -0.39 is 6.36 Å². The number of halogens is 3. The smallest absolute Gasteiger partial charge is 0.496 e. The van der Waals surface area contributed by atoms with Crippen LogP contribution in [0.5, 0.6) is 11.5 Å². The summed E-state index contributed by atoms with van der Waals surface area (Å²) in [5, 5.41) is 3.56. The van der Waals surface area contributed by atoms with Crippen molar-refractivity contribution in [3.05, 3.63) is 23.8 Å². The number of hydrogen-bond acceptors (Lipinski definition) is 4. The number of rotatable bonds is 4. The number of ether oxygens (including phenoxy) is 2. The molecule has 0 atom stereocenters. The molecule has 1 rings (SSSR count). The molecule has 1 aromatic rings. The third kappa shape index (κ3) is 5.42. The van der Waals surface area contributed by atoms with E-state index in [1.54, 1.807) is 0 Å². The van der Waals surface area contributed by atoms with Gasteiger partial charge in [0, 0.05) is 5.56 Å². The Kier molecular flexibility index (Phi) is 4.93. The fraction of sp³-hybridized carbons (Fsp3) is 0.200. The molecule has 0 aliphatic rings. The third-order valence-electron chi connectivity index (χ3n) is 1.81. The van der Waals surface area contributed by atoms with Gasteiger partial charge < -0.3 is 15.2 Å². The molecule has 0 aromatic heterocycles. The first-order valence-corrected chi connectivity index (χ1v) is 5.25. The zero-order valence-electron chi connectivity index (χ0n) is 9.69. The predicted octanol–water partition coefficient (Wildman–Crippen LogP) is 1.76. The van der Waals surface area contributed by atoms with Crippen LogP contribution < -0.4 is 20.6 Å². The lowest BCUT2D eigenvalue weighted by atomic mass is 10.2. The van der Waals surface area contributed by atoms with Gasteiger partial charge in [-0.2, -0.15) is 5.10 Å². The van der Waals surface area contributed by atoms with Crippen LogP contribution in [0, 0.1) is 0 Å². The van der Waals surface area contributed by atoms with Gasteiger partial charge in [0.2, 0.25) is 0 Å². The van der Waals surface area contributed by atoms with E-state index in [2.05, 4.69) is 27.5 Å². The monoisotopic (exact) mass is 293 g/mol. The highest BCUT2D eigenvalue weighted by Crippen LogP contribution is 2.27. The fourth-order valence-electron chi connectivity index (χ4n) is 1.18. The zero-order chi connectivity index (χ0) is 14.5. The van der Waals surface area contributed by atoms with E-state index in [0.717, 1.165) is 12.1 Å². The summed E-state index contributed by atoms with van der Waals surface area (Å²) < 4.78 is 45.0. The summed E-state index contributed by atoms with van der Waals surface area (Å²) in [6, 6.07) is 3.57. The second kappa shape index (κ2) is 6.23. The molecule has 0 bridgehead atoms. The molecule has 104 valence electrons. The highest BCUT2D eigenvalue weighted by Gasteiger charge is 2.31. The summed E-state index contributed by atoms with van der Waals surface area (Å²) in [6.07, 6.45) is -3.55. The van der Waals surface area contributed by atoms with Crippen LogP contribution >= 0.6 is 12.2 Å². The van der Waals surface area contributed by atoms with E-state index in [4.69, 9.17) is 10.5 Å². The summed E-state index contributed by atoms with van der Waals surface area (Å²) in [5.41, 5.74) is 7.69. The van der Waals surface area contributed by atoms with Gasteiger partial charge in [0.15, 0.2) is 5.11 Å². The van der Waals surface area contributed by atoms with Crippen molar-refractivity contribution in [3.8, 4) is 11.5 Å². The summed E-state index contributed by atoms with van der Waals surface area (Å²) >= 11 is 4.52. The molecule has 0 unspecified atom stereocenters. The van der Waals surface area contributed by atoms with Crippen LogP contribution in [0.3, 0.4) is 0 Å². The molecule has 0 saturated carbocycles. The Morgan fingerprint density at radius 3 is 2.68 bits per heavy atom. The van der Waals surface area contributed by atoms with Gasteiger partial charge >= 0.3 is 6.36 Å². The Bertz CT molecular complexity index is 491. The fourth-order valence-corrected chi connectivity index (χ4v) is 1.23. The van der Waals surface area contributed by atoms with Crippen LogP contribution in [0.2, 0.25) is 0 Å². The Hall–Kier alpha value is -2.03. The normalized spacial score (nSPS) is 11.4. The average Bonchev–Trinajstić information content (AvgIpc) is 2.26. The number of nitrogens with one attached hydrogen (secondary N) is 1. The Labute approximate surface area is 112 Å². The molecule has 0 spiro atoms. The largest absolute Gasteiger partial charge is 0.573 e. The van der Waals surface area contributed by atoms with Crippen LogP contribution in [0.4, 0.5) is 13.2 Å². The first-order chi connectivity index (χ1) is 8.81. The summed E-state index contributed by atoms with van der Waals surface area (Å²) in [6.45, 7) is 0. The van der Waals surface area contributed by atoms with Crippen LogP contribution in [0.25, 0.3) is 0 Å². The molecule has 19 heavy (non-hydrogen) atoms. The molecule has 1 aromatic carbocycles. The molecule has 0 aliphatic heterocycles. The van der Waals surface area contributed by atoms with Crippen molar-refractivity contribution in [1.29, 1.82) is 0 Å². The van der Waals surface area contributed by atoms with Gasteiger partial charge in [-0.15, -0.1) is 13.2 Å². The number of methoxy groups -OCH3 is 1. The molecule has 0 aliphatic carbocycles. The van der Waals surface area contributed by atoms with Crippen molar-refractivity contribution >= 4 is 23.5 Å². The molecule has 3 N–H and O–H groups in total. The molecule has 0 heterocycles. The van der Waals surface area contributed by atoms with Crippen molar-refractivity contribution in [2.24, 2.45) is 10.8 Å². The average molecular weight is 293 g/mol. The maximum atomic E-state index is 12.1. The molecule has 9 heteroatoms. The second-order valence-corrected chi connectivity index (χ2v) is 3.63. The Morgan fingerprint density at radius 1 is 1.47 bits per heavy atom. The predicted molar refractivity (Wildman–Crippen MR) is 67.2 cm³/mol. The van der Waals surface area contributed by atoms with Gasteiger partial charge in [0.25, 0.3) is 0 Å². The standard InChI is InChI=1S/C10H10F3N3O2S/c1-17-8-3-2-7(18-10(11,12)13)4-6(8)5-15-16-9(14)19/h2-5H,1H3,(H3,14,16,19). The lowest BCUT2D eigenvalue weighted by molar-refractivity contribution is -0.274. The maximum absolute atomic E-state index is 12.1. The Morgan fingerprint density at radius 2 is 2.16 bits per heavy atom. The van der Waals surface area contributed by atoms with Crippen LogP contribution in [0.1, 0.15) is 5.56 Å². The first kappa shape index (κ1) is 15.0. The van der Waals surface area contributed by atoms with E-state index in [1.807, 2.05) is 0 Å². The summed E-state index contributed by atoms with van der Waals surface area (Å²) in [5.74, 6) is -0.0620. The van der Waals surface area contributed by atoms with Gasteiger partial charge in [0.1, 0.15) is 11.5 Å². The van der Waals surface area contributed by atoms with Crippen LogP contribution in [0.15, 0.2) is 23.3 Å². The lowest BCUT2D eigenvalue weighted by Gasteiger charge is -2.11. The van der Waals surface area contributed by atoms with Gasteiger partial charge in [0.05, 0.1) is 13.3 Å². The van der Waals surface area contributed by atoms with Crippen LogP contribution in [-0.2, 0) is 0 Å². The first-order valence-electron chi connectivity index (χ1n) is 4.84. The number of benzene rings is 1. The van der Waals surface area contributed by atoms with Crippen molar-refractivity contribution in [2.75, 3.05) is 7.11 Å². The van der Waals surface area contributed by atoms with Crippen molar-refractivity contribution in [1.82, 2.24) is 5.43 Å².